The molecule has 0 saturated carbocycles. The van der Waals surface area contributed by atoms with Crippen LogP contribution in [0.1, 0.15) is 10.4 Å². The molecule has 0 bridgehead atoms. The van der Waals surface area contributed by atoms with Gasteiger partial charge in [-0.05, 0) is 12.1 Å². The molecule has 19 heavy (non-hydrogen) atoms. The maximum Gasteiger partial charge on any atom is 0.276 e. The summed E-state index contributed by atoms with van der Waals surface area (Å²) in [5.74, 6) is 0.651. The molecule has 1 heterocycles. The first-order valence-electron chi connectivity index (χ1n) is 5.52. The van der Waals surface area contributed by atoms with Crippen LogP contribution < -0.4 is 20.3 Å². The van der Waals surface area contributed by atoms with Gasteiger partial charge in [-0.3, -0.25) is 15.6 Å². The number of ether oxygens (including phenoxy) is 2. The first-order chi connectivity index (χ1) is 9.24. The van der Waals surface area contributed by atoms with Crippen molar-refractivity contribution in [2.45, 2.75) is 0 Å². The van der Waals surface area contributed by atoms with Gasteiger partial charge in [-0.1, -0.05) is 6.07 Å². The number of anilines is 1. The summed E-state index contributed by atoms with van der Waals surface area (Å²) < 4.78 is 10.1. The number of benzene rings is 1. The van der Waals surface area contributed by atoms with Crippen molar-refractivity contribution in [3.63, 3.8) is 0 Å². The van der Waals surface area contributed by atoms with E-state index in [9.17, 15) is 4.79 Å². The van der Waals surface area contributed by atoms with Crippen LogP contribution in [0.25, 0.3) is 0 Å². The average molecular weight is 262 g/mol. The molecule has 2 aromatic rings. The first-order valence-corrected chi connectivity index (χ1v) is 5.52. The number of aromatic amines is 1. The van der Waals surface area contributed by atoms with E-state index < -0.39 is 0 Å². The third-order valence-corrected chi connectivity index (χ3v) is 2.44. The number of methoxy groups -OCH3 is 2. The predicted octanol–water partition coefficient (Wildman–Crippen LogP) is 1.18. The summed E-state index contributed by atoms with van der Waals surface area (Å²) in [5, 5.41) is 6.31. The maximum absolute atomic E-state index is 11.9. The highest BCUT2D eigenvalue weighted by atomic mass is 16.5. The molecular weight excluding hydrogens is 248 g/mol. The number of hydrazine groups is 1. The molecule has 100 valence electrons. The molecule has 0 aliphatic carbocycles. The average Bonchev–Trinajstić information content (AvgIpc) is 2.93. The Morgan fingerprint density at radius 3 is 2.89 bits per heavy atom. The fraction of sp³-hybridized carbons (Fsp3) is 0.167. The van der Waals surface area contributed by atoms with Crippen LogP contribution in [0.2, 0.25) is 0 Å². The van der Waals surface area contributed by atoms with Crippen molar-refractivity contribution < 1.29 is 14.3 Å². The van der Waals surface area contributed by atoms with Crippen molar-refractivity contribution in [1.29, 1.82) is 0 Å². The van der Waals surface area contributed by atoms with Gasteiger partial charge in [-0.2, -0.15) is 5.10 Å². The van der Waals surface area contributed by atoms with Crippen molar-refractivity contribution in [3.05, 3.63) is 36.0 Å². The molecule has 7 nitrogen and oxygen atoms in total. The molecule has 0 atom stereocenters. The number of hydrogen-bond acceptors (Lipinski definition) is 5. The second-order valence-corrected chi connectivity index (χ2v) is 3.63. The second-order valence-electron chi connectivity index (χ2n) is 3.63. The molecule has 0 saturated heterocycles. The molecule has 0 radical (unpaired) electrons. The third-order valence-electron chi connectivity index (χ3n) is 2.44. The van der Waals surface area contributed by atoms with Gasteiger partial charge in [-0.15, -0.1) is 0 Å². The lowest BCUT2D eigenvalue weighted by atomic mass is 10.3. The van der Waals surface area contributed by atoms with Gasteiger partial charge in [-0.25, -0.2) is 5.10 Å². The monoisotopic (exact) mass is 262 g/mol. The minimum absolute atomic E-state index is 0.310. The SMILES string of the molecule is COc1cccc(NNC(=O)c2cn[nH]c2OC)c1. The summed E-state index contributed by atoms with van der Waals surface area (Å²) in [6.07, 6.45) is 1.39. The van der Waals surface area contributed by atoms with E-state index in [2.05, 4.69) is 21.0 Å². The summed E-state index contributed by atoms with van der Waals surface area (Å²) in [6.45, 7) is 0. The number of nitrogens with zero attached hydrogens (tertiary/aromatic N) is 1. The maximum atomic E-state index is 11.9. The number of carbonyl (C=O) groups is 1. The molecule has 1 aromatic heterocycles. The van der Waals surface area contributed by atoms with Crippen LogP contribution in [0.15, 0.2) is 30.5 Å². The minimum atomic E-state index is -0.353. The molecule has 0 aliphatic rings. The van der Waals surface area contributed by atoms with Gasteiger partial charge in [0.2, 0.25) is 5.88 Å². The van der Waals surface area contributed by atoms with E-state index in [1.54, 1.807) is 19.2 Å². The molecule has 0 spiro atoms. The fourth-order valence-electron chi connectivity index (χ4n) is 1.49. The van der Waals surface area contributed by atoms with E-state index in [1.807, 2.05) is 12.1 Å². The molecular formula is C12H14N4O3. The Hall–Kier alpha value is -2.70. The van der Waals surface area contributed by atoms with Gasteiger partial charge in [0.15, 0.2) is 0 Å². The molecule has 0 unspecified atom stereocenters. The summed E-state index contributed by atoms with van der Waals surface area (Å²) in [4.78, 5) is 11.9. The highest BCUT2D eigenvalue weighted by molar-refractivity contribution is 5.96. The number of rotatable bonds is 5. The summed E-state index contributed by atoms with van der Waals surface area (Å²) in [7, 11) is 3.04. The van der Waals surface area contributed by atoms with Crippen molar-refractivity contribution in [3.8, 4) is 11.6 Å². The van der Waals surface area contributed by atoms with Crippen molar-refractivity contribution in [1.82, 2.24) is 15.6 Å². The van der Waals surface area contributed by atoms with Crippen LogP contribution in [0.3, 0.4) is 0 Å². The highest BCUT2D eigenvalue weighted by Gasteiger charge is 2.13. The normalized spacial score (nSPS) is 9.79. The van der Waals surface area contributed by atoms with Crippen molar-refractivity contribution >= 4 is 11.6 Å². The van der Waals surface area contributed by atoms with Crippen molar-refractivity contribution in [2.24, 2.45) is 0 Å². The molecule has 7 heteroatoms. The van der Waals surface area contributed by atoms with Gasteiger partial charge in [0.05, 0.1) is 26.1 Å². The largest absolute Gasteiger partial charge is 0.497 e. The standard InChI is InChI=1S/C12H14N4O3/c1-18-9-5-3-4-8(6-9)14-15-11(17)10-7-13-16-12(10)19-2/h3-7,14H,1-2H3,(H,13,16)(H,15,17). The molecule has 3 N–H and O–H groups in total. The first kappa shape index (κ1) is 12.7. The van der Waals surface area contributed by atoms with Gasteiger partial charge < -0.3 is 9.47 Å². The fourth-order valence-corrected chi connectivity index (χ4v) is 1.49. The van der Waals surface area contributed by atoms with Crippen LogP contribution in [-0.2, 0) is 0 Å². The zero-order valence-corrected chi connectivity index (χ0v) is 10.6. The van der Waals surface area contributed by atoms with Crippen molar-refractivity contribution in [2.75, 3.05) is 19.6 Å². The van der Waals surface area contributed by atoms with Crippen LogP contribution in [-0.4, -0.2) is 30.3 Å². The second kappa shape index (κ2) is 5.76. The Morgan fingerprint density at radius 1 is 1.32 bits per heavy atom. The van der Waals surface area contributed by atoms with Crippen LogP contribution in [0.5, 0.6) is 11.6 Å². The summed E-state index contributed by atoms with van der Waals surface area (Å²) >= 11 is 0. The number of aromatic nitrogens is 2. The molecule has 1 amide bonds. The molecule has 2 rings (SSSR count). The number of amides is 1. The van der Waals surface area contributed by atoms with E-state index in [-0.39, 0.29) is 5.91 Å². The van der Waals surface area contributed by atoms with E-state index in [1.165, 1.54) is 13.3 Å². The van der Waals surface area contributed by atoms with Crippen LogP contribution >= 0.6 is 0 Å². The lowest BCUT2D eigenvalue weighted by Crippen LogP contribution is -2.29. The highest BCUT2D eigenvalue weighted by Crippen LogP contribution is 2.16. The van der Waals surface area contributed by atoms with Gasteiger partial charge in [0.25, 0.3) is 5.91 Å². The topological polar surface area (TPSA) is 88.3 Å². The predicted molar refractivity (Wildman–Crippen MR) is 69.2 cm³/mol. The summed E-state index contributed by atoms with van der Waals surface area (Å²) in [5.41, 5.74) is 6.35. The van der Waals surface area contributed by atoms with Crippen LogP contribution in [0.4, 0.5) is 5.69 Å². The molecule has 0 fully saturated rings. The lowest BCUT2D eigenvalue weighted by Gasteiger charge is -2.09. The number of nitrogens with one attached hydrogen (secondary N) is 3. The Kier molecular flexibility index (Phi) is 3.87. The quantitative estimate of drug-likeness (QED) is 0.704. The van der Waals surface area contributed by atoms with E-state index in [0.717, 1.165) is 0 Å². The Balaban J connectivity index is 2.00. The summed E-state index contributed by atoms with van der Waals surface area (Å²) in [6, 6.07) is 7.18. The van der Waals surface area contributed by atoms with E-state index in [4.69, 9.17) is 9.47 Å². The third kappa shape index (κ3) is 2.95. The Bertz CT molecular complexity index is 568. The Labute approximate surface area is 109 Å². The number of H-pyrrole nitrogens is 1. The van der Waals surface area contributed by atoms with Gasteiger partial charge >= 0.3 is 0 Å². The Morgan fingerprint density at radius 2 is 2.16 bits per heavy atom. The van der Waals surface area contributed by atoms with Gasteiger partial charge in [0.1, 0.15) is 11.3 Å². The zero-order chi connectivity index (χ0) is 13.7. The van der Waals surface area contributed by atoms with Crippen LogP contribution in [0, 0.1) is 0 Å². The number of carbonyl (C=O) groups excluding carboxylic acids is 1. The zero-order valence-electron chi connectivity index (χ0n) is 10.6. The smallest absolute Gasteiger partial charge is 0.276 e. The molecule has 1 aromatic carbocycles. The molecule has 0 aliphatic heterocycles. The van der Waals surface area contributed by atoms with Gasteiger partial charge in [0, 0.05) is 6.07 Å². The number of hydrogen-bond donors (Lipinski definition) is 3. The lowest BCUT2D eigenvalue weighted by molar-refractivity contribution is 0.0959. The van der Waals surface area contributed by atoms with E-state index >= 15 is 0 Å². The van der Waals surface area contributed by atoms with E-state index in [0.29, 0.717) is 22.9 Å². The minimum Gasteiger partial charge on any atom is -0.497 e.